The first kappa shape index (κ1) is 15.2. The summed E-state index contributed by atoms with van der Waals surface area (Å²) in [5.74, 6) is 2.70. The van der Waals surface area contributed by atoms with Crippen LogP contribution >= 0.6 is 0 Å². The van der Waals surface area contributed by atoms with Crippen molar-refractivity contribution in [3.05, 3.63) is 17.6 Å². The van der Waals surface area contributed by atoms with Crippen molar-refractivity contribution < 1.29 is 9.47 Å². The number of aromatic nitrogens is 2. The summed E-state index contributed by atoms with van der Waals surface area (Å²) in [6.07, 6.45) is 1.47. The van der Waals surface area contributed by atoms with Gasteiger partial charge < -0.3 is 14.8 Å². The number of ether oxygens (including phenoxy) is 2. The van der Waals surface area contributed by atoms with E-state index in [0.29, 0.717) is 24.5 Å². The largest absolute Gasteiger partial charge is 0.378 e. The molecule has 0 amide bonds. The molecule has 2 rings (SSSR count). The molecular formula is C15H25N3O2. The summed E-state index contributed by atoms with van der Waals surface area (Å²) in [7, 11) is 1.65. The third kappa shape index (κ3) is 3.90. The summed E-state index contributed by atoms with van der Waals surface area (Å²) in [4.78, 5) is 8.81. The Morgan fingerprint density at radius 2 is 2.25 bits per heavy atom. The summed E-state index contributed by atoms with van der Waals surface area (Å²) in [6.45, 7) is 8.61. The van der Waals surface area contributed by atoms with Crippen molar-refractivity contribution in [3.63, 3.8) is 0 Å². The molecule has 0 bridgehead atoms. The Kier molecular flexibility index (Phi) is 5.31. The van der Waals surface area contributed by atoms with Crippen molar-refractivity contribution in [1.29, 1.82) is 0 Å². The Balaban J connectivity index is 1.96. The standard InChI is InChI=1S/C15H25N3O2/c1-10(2)15-12(5-6-20-15)8-16-13-7-11(3)17-14(18-13)9-19-4/h7,10,12,15H,5-6,8-9H2,1-4H3,(H,16,17,18)/t12-,15-/m1/s1. The van der Waals surface area contributed by atoms with Crippen molar-refractivity contribution in [2.75, 3.05) is 25.6 Å². The minimum atomic E-state index is 0.351. The van der Waals surface area contributed by atoms with Gasteiger partial charge in [-0.25, -0.2) is 9.97 Å². The van der Waals surface area contributed by atoms with Crippen LogP contribution in [0, 0.1) is 18.8 Å². The van der Waals surface area contributed by atoms with Crippen LogP contribution in [0.25, 0.3) is 0 Å². The monoisotopic (exact) mass is 279 g/mol. The number of rotatable bonds is 6. The van der Waals surface area contributed by atoms with Gasteiger partial charge in [-0.2, -0.15) is 0 Å². The second kappa shape index (κ2) is 6.99. The van der Waals surface area contributed by atoms with E-state index in [9.17, 15) is 0 Å². The summed E-state index contributed by atoms with van der Waals surface area (Å²) in [5, 5.41) is 3.42. The summed E-state index contributed by atoms with van der Waals surface area (Å²) in [5.41, 5.74) is 0.956. The molecule has 112 valence electrons. The van der Waals surface area contributed by atoms with Gasteiger partial charge in [0.2, 0.25) is 0 Å². The van der Waals surface area contributed by atoms with Crippen LogP contribution in [0.3, 0.4) is 0 Å². The first-order valence-electron chi connectivity index (χ1n) is 7.29. The molecule has 0 aliphatic carbocycles. The van der Waals surface area contributed by atoms with E-state index in [0.717, 1.165) is 36.9 Å². The SMILES string of the molecule is COCc1nc(C)cc(NC[C@H]2CCO[C@@H]2C(C)C)n1. The lowest BCUT2D eigenvalue weighted by Crippen LogP contribution is -2.28. The van der Waals surface area contributed by atoms with Crippen molar-refractivity contribution >= 4 is 5.82 Å². The number of anilines is 1. The fourth-order valence-corrected chi connectivity index (χ4v) is 2.76. The number of aryl methyl sites for hydroxylation is 1. The number of nitrogens with zero attached hydrogens (tertiary/aromatic N) is 2. The summed E-state index contributed by atoms with van der Waals surface area (Å²) in [6, 6.07) is 1.97. The number of methoxy groups -OCH3 is 1. The molecule has 2 atom stereocenters. The maximum atomic E-state index is 5.81. The molecule has 1 N–H and O–H groups in total. The third-order valence-electron chi connectivity index (χ3n) is 3.64. The maximum absolute atomic E-state index is 5.81. The molecule has 0 radical (unpaired) electrons. The van der Waals surface area contributed by atoms with Crippen LogP contribution in [0.1, 0.15) is 31.8 Å². The highest BCUT2D eigenvalue weighted by molar-refractivity contribution is 5.35. The van der Waals surface area contributed by atoms with Crippen LogP contribution in [0.5, 0.6) is 0 Å². The van der Waals surface area contributed by atoms with Crippen LogP contribution < -0.4 is 5.32 Å². The van der Waals surface area contributed by atoms with E-state index in [1.54, 1.807) is 7.11 Å². The highest BCUT2D eigenvalue weighted by atomic mass is 16.5. The number of hydrogen-bond acceptors (Lipinski definition) is 5. The minimum Gasteiger partial charge on any atom is -0.378 e. The van der Waals surface area contributed by atoms with Crippen LogP contribution in [0.2, 0.25) is 0 Å². The lowest BCUT2D eigenvalue weighted by molar-refractivity contribution is 0.0566. The molecule has 0 unspecified atom stereocenters. The Bertz CT molecular complexity index is 437. The molecule has 1 aromatic heterocycles. The second-order valence-corrected chi connectivity index (χ2v) is 5.75. The first-order valence-corrected chi connectivity index (χ1v) is 7.29. The van der Waals surface area contributed by atoms with Gasteiger partial charge in [-0.15, -0.1) is 0 Å². The smallest absolute Gasteiger partial charge is 0.156 e. The average molecular weight is 279 g/mol. The van der Waals surface area contributed by atoms with Gasteiger partial charge in [0.1, 0.15) is 12.4 Å². The Morgan fingerprint density at radius 3 is 2.95 bits per heavy atom. The van der Waals surface area contributed by atoms with Gasteiger partial charge in [0.15, 0.2) is 5.82 Å². The maximum Gasteiger partial charge on any atom is 0.156 e. The Morgan fingerprint density at radius 1 is 1.45 bits per heavy atom. The quantitative estimate of drug-likeness (QED) is 0.866. The van der Waals surface area contributed by atoms with Crippen LogP contribution in [0.4, 0.5) is 5.82 Å². The van der Waals surface area contributed by atoms with Crippen molar-refractivity contribution in [2.24, 2.45) is 11.8 Å². The number of hydrogen-bond donors (Lipinski definition) is 1. The van der Waals surface area contributed by atoms with E-state index >= 15 is 0 Å². The zero-order valence-electron chi connectivity index (χ0n) is 12.8. The van der Waals surface area contributed by atoms with E-state index in [4.69, 9.17) is 9.47 Å². The molecule has 1 fully saturated rings. The minimum absolute atomic E-state index is 0.351. The fraction of sp³-hybridized carbons (Fsp3) is 0.733. The molecule has 1 saturated heterocycles. The first-order chi connectivity index (χ1) is 9.60. The Hall–Kier alpha value is -1.20. The van der Waals surface area contributed by atoms with Gasteiger partial charge in [0.05, 0.1) is 6.10 Å². The van der Waals surface area contributed by atoms with Crippen LogP contribution in [-0.4, -0.2) is 36.3 Å². The van der Waals surface area contributed by atoms with E-state index in [1.807, 2.05) is 13.0 Å². The van der Waals surface area contributed by atoms with Gasteiger partial charge in [-0.1, -0.05) is 13.8 Å². The Labute approximate surface area is 121 Å². The molecule has 20 heavy (non-hydrogen) atoms. The van der Waals surface area contributed by atoms with Crippen molar-refractivity contribution in [2.45, 2.75) is 39.9 Å². The van der Waals surface area contributed by atoms with E-state index < -0.39 is 0 Å². The summed E-state index contributed by atoms with van der Waals surface area (Å²) < 4.78 is 10.9. The van der Waals surface area contributed by atoms with Gasteiger partial charge in [0.25, 0.3) is 0 Å². The molecule has 1 aliphatic heterocycles. The molecule has 0 aromatic carbocycles. The highest BCUT2D eigenvalue weighted by Crippen LogP contribution is 2.26. The van der Waals surface area contributed by atoms with Gasteiger partial charge in [-0.3, -0.25) is 0 Å². The molecule has 0 spiro atoms. The molecular weight excluding hydrogens is 254 g/mol. The summed E-state index contributed by atoms with van der Waals surface area (Å²) >= 11 is 0. The lowest BCUT2D eigenvalue weighted by atomic mass is 9.93. The van der Waals surface area contributed by atoms with E-state index in [-0.39, 0.29) is 0 Å². The molecule has 1 aromatic rings. The van der Waals surface area contributed by atoms with E-state index in [1.165, 1.54) is 0 Å². The zero-order valence-corrected chi connectivity index (χ0v) is 12.8. The van der Waals surface area contributed by atoms with Gasteiger partial charge in [-0.05, 0) is 19.3 Å². The van der Waals surface area contributed by atoms with Crippen LogP contribution in [0.15, 0.2) is 6.07 Å². The average Bonchev–Trinajstić information content (AvgIpc) is 2.84. The third-order valence-corrected chi connectivity index (χ3v) is 3.64. The molecule has 5 heteroatoms. The van der Waals surface area contributed by atoms with Gasteiger partial charge >= 0.3 is 0 Å². The normalized spacial score (nSPS) is 22.4. The molecule has 1 aliphatic rings. The van der Waals surface area contributed by atoms with Gasteiger partial charge in [0, 0.05) is 37.9 Å². The zero-order chi connectivity index (χ0) is 14.5. The fourth-order valence-electron chi connectivity index (χ4n) is 2.76. The highest BCUT2D eigenvalue weighted by Gasteiger charge is 2.30. The molecule has 5 nitrogen and oxygen atoms in total. The van der Waals surface area contributed by atoms with E-state index in [2.05, 4.69) is 29.1 Å². The van der Waals surface area contributed by atoms with Crippen LogP contribution in [-0.2, 0) is 16.1 Å². The predicted molar refractivity (Wildman–Crippen MR) is 78.7 cm³/mol. The molecule has 0 saturated carbocycles. The lowest BCUT2D eigenvalue weighted by Gasteiger charge is -2.22. The predicted octanol–water partition coefficient (Wildman–Crippen LogP) is 2.40. The van der Waals surface area contributed by atoms with Crippen molar-refractivity contribution in [1.82, 2.24) is 9.97 Å². The second-order valence-electron chi connectivity index (χ2n) is 5.75. The van der Waals surface area contributed by atoms with Crippen molar-refractivity contribution in [3.8, 4) is 0 Å². The topological polar surface area (TPSA) is 56.3 Å². The number of nitrogens with one attached hydrogen (secondary N) is 1. The molecule has 2 heterocycles.